The van der Waals surface area contributed by atoms with Crippen LogP contribution in [0.25, 0.3) is 21.7 Å². The average molecular weight is 767 g/mol. The van der Waals surface area contributed by atoms with E-state index >= 15 is 0 Å². The molecule has 0 saturated carbocycles. The summed E-state index contributed by atoms with van der Waals surface area (Å²) in [6.45, 7) is 0.428. The standard InChI is InChI=1S/C40H50N10O6/c41-36(53)30-12-5-6-18-44-34(51)16-17-35(52)47-32(21-24-14-15-25-8-1-2-9-26(25)20-24)38(55)49-31(13-7-19-45-40(42)43)37(54)50-33(39(56)48-30)22-27-23-46-29-11-4-3-10-28(27)29/h1-4,8-11,14-15,20,23,30-33,46H,5-7,12-13,16-19,21-22H2,(H2,41,53)(H,44,51)(H,47,52)(H,48,56)(H,49,55)(H,50,54)(H4,42,43,45)/t30-,31+,32-,33-/m0/s1. The van der Waals surface area contributed by atoms with E-state index < -0.39 is 53.7 Å². The zero-order valence-corrected chi connectivity index (χ0v) is 31.1. The van der Waals surface area contributed by atoms with Crippen molar-refractivity contribution in [1.29, 1.82) is 0 Å². The summed E-state index contributed by atoms with van der Waals surface area (Å²) in [4.78, 5) is 87.8. The molecule has 0 aliphatic carbocycles. The number of aromatic amines is 1. The van der Waals surface area contributed by atoms with Crippen LogP contribution in [0.3, 0.4) is 0 Å². The highest BCUT2D eigenvalue weighted by molar-refractivity contribution is 5.96. The van der Waals surface area contributed by atoms with E-state index in [9.17, 15) is 28.8 Å². The minimum atomic E-state index is -1.20. The number of nitrogens with zero attached hydrogens (tertiary/aromatic N) is 1. The molecule has 3 aromatic carbocycles. The lowest BCUT2D eigenvalue weighted by atomic mass is 10.00. The first-order valence-electron chi connectivity index (χ1n) is 18.8. The molecule has 4 atom stereocenters. The van der Waals surface area contributed by atoms with E-state index in [-0.39, 0.29) is 69.9 Å². The molecule has 0 spiro atoms. The van der Waals surface area contributed by atoms with Crippen LogP contribution in [0, 0.1) is 0 Å². The van der Waals surface area contributed by atoms with Crippen LogP contribution in [-0.4, -0.2) is 83.6 Å². The van der Waals surface area contributed by atoms with Gasteiger partial charge in [0.1, 0.15) is 24.2 Å². The fourth-order valence-electron chi connectivity index (χ4n) is 6.70. The third-order valence-corrected chi connectivity index (χ3v) is 9.70. The molecule has 1 aliphatic heterocycles. The normalized spacial score (nSPS) is 20.9. The van der Waals surface area contributed by atoms with Gasteiger partial charge in [-0.3, -0.25) is 33.8 Å². The molecular weight excluding hydrogens is 717 g/mol. The number of hydrogen-bond donors (Lipinski definition) is 9. The number of aliphatic imine (C=N–C) groups is 1. The van der Waals surface area contributed by atoms with Crippen molar-refractivity contribution in [3.05, 3.63) is 84.1 Å². The van der Waals surface area contributed by atoms with Crippen LogP contribution in [0.2, 0.25) is 0 Å². The molecule has 6 amide bonds. The highest BCUT2D eigenvalue weighted by Gasteiger charge is 2.32. The highest BCUT2D eigenvalue weighted by Crippen LogP contribution is 2.20. The van der Waals surface area contributed by atoms with Crippen LogP contribution in [0.4, 0.5) is 0 Å². The molecule has 0 radical (unpaired) electrons. The van der Waals surface area contributed by atoms with Gasteiger partial charge in [-0.25, -0.2) is 0 Å². The van der Waals surface area contributed by atoms with Gasteiger partial charge >= 0.3 is 0 Å². The number of aromatic nitrogens is 1. The first-order valence-corrected chi connectivity index (χ1v) is 18.8. The van der Waals surface area contributed by atoms with Crippen molar-refractivity contribution >= 4 is 63.1 Å². The van der Waals surface area contributed by atoms with Crippen LogP contribution < -0.4 is 43.8 Å². The minimum Gasteiger partial charge on any atom is -0.370 e. The average Bonchev–Trinajstić information content (AvgIpc) is 3.58. The van der Waals surface area contributed by atoms with Crippen molar-refractivity contribution in [2.75, 3.05) is 13.1 Å². The third kappa shape index (κ3) is 11.8. The fraction of sp³-hybridized carbons (Fsp3) is 0.375. The Balaban J connectivity index is 1.47. The second-order valence-electron chi connectivity index (χ2n) is 13.9. The molecule has 1 aliphatic rings. The number of benzene rings is 3. The maximum atomic E-state index is 14.2. The molecule has 296 valence electrons. The van der Waals surface area contributed by atoms with Crippen molar-refractivity contribution in [3.8, 4) is 0 Å². The summed E-state index contributed by atoms with van der Waals surface area (Å²) < 4.78 is 0. The number of H-pyrrole nitrogens is 1. The van der Waals surface area contributed by atoms with Crippen molar-refractivity contribution in [1.82, 2.24) is 31.6 Å². The zero-order valence-electron chi connectivity index (χ0n) is 31.1. The summed E-state index contributed by atoms with van der Waals surface area (Å²) in [6.07, 6.45) is 3.00. The van der Waals surface area contributed by atoms with Gasteiger partial charge in [-0.2, -0.15) is 0 Å². The smallest absolute Gasteiger partial charge is 0.243 e. The predicted molar refractivity (Wildman–Crippen MR) is 213 cm³/mol. The van der Waals surface area contributed by atoms with Crippen LogP contribution in [0.15, 0.2) is 77.9 Å². The number of amides is 6. The zero-order chi connectivity index (χ0) is 40.0. The predicted octanol–water partition coefficient (Wildman–Crippen LogP) is 0.665. The molecule has 16 heteroatoms. The van der Waals surface area contributed by atoms with Crippen LogP contribution in [0.1, 0.15) is 56.1 Å². The summed E-state index contributed by atoms with van der Waals surface area (Å²) in [5, 5.41) is 16.6. The van der Waals surface area contributed by atoms with E-state index in [2.05, 4.69) is 36.6 Å². The maximum absolute atomic E-state index is 14.2. The van der Waals surface area contributed by atoms with Crippen molar-refractivity contribution in [2.24, 2.45) is 22.2 Å². The van der Waals surface area contributed by atoms with Gasteiger partial charge in [0.2, 0.25) is 35.4 Å². The molecule has 0 unspecified atom stereocenters. The number of fused-ring (bicyclic) bond motifs is 2. The third-order valence-electron chi connectivity index (χ3n) is 9.70. The molecule has 16 nitrogen and oxygen atoms in total. The number of para-hydroxylation sites is 1. The quantitative estimate of drug-likeness (QED) is 0.0662. The summed E-state index contributed by atoms with van der Waals surface area (Å²) in [6, 6.07) is 16.3. The fourth-order valence-corrected chi connectivity index (χ4v) is 6.70. The summed E-state index contributed by atoms with van der Waals surface area (Å²) >= 11 is 0. The molecule has 1 saturated heterocycles. The van der Waals surface area contributed by atoms with Crippen molar-refractivity contribution in [3.63, 3.8) is 0 Å². The topological polar surface area (TPSA) is 269 Å². The molecule has 56 heavy (non-hydrogen) atoms. The Morgan fingerprint density at radius 1 is 0.714 bits per heavy atom. The Hall–Kier alpha value is -6.45. The first-order chi connectivity index (χ1) is 27.0. The van der Waals surface area contributed by atoms with E-state index in [4.69, 9.17) is 17.2 Å². The Bertz CT molecular complexity index is 2080. The lowest BCUT2D eigenvalue weighted by molar-refractivity contribution is -0.134. The van der Waals surface area contributed by atoms with Crippen molar-refractivity contribution in [2.45, 2.75) is 82.0 Å². The lowest BCUT2D eigenvalue weighted by Crippen LogP contribution is -2.58. The second kappa shape index (κ2) is 19.8. The van der Waals surface area contributed by atoms with Gasteiger partial charge in [0.05, 0.1) is 0 Å². The molecule has 1 aromatic heterocycles. The SMILES string of the molecule is NC(=O)[C@@H]1CCCCNC(=O)CCC(=O)N[C@@H](Cc2ccc3ccccc3c2)C(=O)N[C@H](CCCN=C(N)N)C(=O)N[C@@H](Cc2c[nH]c3ccccc23)C(=O)N1. The second-order valence-corrected chi connectivity index (χ2v) is 13.9. The van der Waals surface area contributed by atoms with E-state index in [1.54, 1.807) is 6.20 Å². The lowest BCUT2D eigenvalue weighted by Gasteiger charge is -2.26. The summed E-state index contributed by atoms with van der Waals surface area (Å²) in [5.41, 5.74) is 19.0. The number of nitrogens with one attached hydrogen (secondary N) is 6. The van der Waals surface area contributed by atoms with Crippen LogP contribution >= 0.6 is 0 Å². The first kappa shape index (κ1) is 40.7. The van der Waals surface area contributed by atoms with Gasteiger partial charge in [-0.05, 0) is 60.1 Å². The van der Waals surface area contributed by atoms with Gasteiger partial charge < -0.3 is 48.8 Å². The molecule has 1 fully saturated rings. The van der Waals surface area contributed by atoms with Gasteiger partial charge in [-0.15, -0.1) is 0 Å². The van der Waals surface area contributed by atoms with E-state index in [1.807, 2.05) is 66.7 Å². The molecule has 4 aromatic rings. The van der Waals surface area contributed by atoms with Gasteiger partial charge in [-0.1, -0.05) is 60.7 Å². The molecule has 12 N–H and O–H groups in total. The number of nitrogens with two attached hydrogens (primary N) is 3. The Labute approximate surface area is 324 Å². The molecular formula is C40H50N10O6. The van der Waals surface area contributed by atoms with E-state index in [0.29, 0.717) is 12.8 Å². The molecule has 5 rings (SSSR count). The number of hydrogen-bond acceptors (Lipinski definition) is 7. The Morgan fingerprint density at radius 3 is 2.18 bits per heavy atom. The molecule has 0 bridgehead atoms. The van der Waals surface area contributed by atoms with E-state index in [1.165, 1.54) is 0 Å². The van der Waals surface area contributed by atoms with Crippen LogP contribution in [0.5, 0.6) is 0 Å². The van der Waals surface area contributed by atoms with Gasteiger partial charge in [0.25, 0.3) is 0 Å². The van der Waals surface area contributed by atoms with Crippen molar-refractivity contribution < 1.29 is 28.8 Å². The molecule has 2 heterocycles. The maximum Gasteiger partial charge on any atom is 0.243 e. The Kier molecular flexibility index (Phi) is 14.4. The number of carbonyl (C=O) groups is 6. The number of carbonyl (C=O) groups excluding carboxylic acids is 6. The number of rotatable bonds is 9. The van der Waals surface area contributed by atoms with Gasteiger partial charge in [0, 0.05) is 55.9 Å². The van der Waals surface area contributed by atoms with Gasteiger partial charge in [0.15, 0.2) is 5.96 Å². The summed E-state index contributed by atoms with van der Waals surface area (Å²) in [5.74, 6) is -3.76. The number of guanidine groups is 1. The Morgan fingerprint density at radius 2 is 1.39 bits per heavy atom. The number of primary amides is 1. The van der Waals surface area contributed by atoms with Crippen LogP contribution in [-0.2, 0) is 41.6 Å². The monoisotopic (exact) mass is 766 g/mol. The largest absolute Gasteiger partial charge is 0.370 e. The van der Waals surface area contributed by atoms with E-state index in [0.717, 1.165) is 32.8 Å². The highest BCUT2D eigenvalue weighted by atomic mass is 16.2. The summed E-state index contributed by atoms with van der Waals surface area (Å²) in [7, 11) is 0. The minimum absolute atomic E-state index is 0.0361.